The second-order valence-corrected chi connectivity index (χ2v) is 8.97. The van der Waals surface area contributed by atoms with Gasteiger partial charge in [-0.25, -0.2) is 4.79 Å². The molecular formula is C24H29ClN2O2. The number of aromatic carboxylic acids is 1. The van der Waals surface area contributed by atoms with Crippen molar-refractivity contribution in [3.63, 3.8) is 0 Å². The molecule has 154 valence electrons. The van der Waals surface area contributed by atoms with Crippen LogP contribution in [0.3, 0.4) is 0 Å². The molecule has 3 rings (SSSR count). The molecule has 2 aromatic carbocycles. The summed E-state index contributed by atoms with van der Waals surface area (Å²) in [5.74, 6) is -0.584. The van der Waals surface area contributed by atoms with Crippen LogP contribution in [0.5, 0.6) is 0 Å². The monoisotopic (exact) mass is 412 g/mol. The minimum absolute atomic E-state index is 0.0644. The van der Waals surface area contributed by atoms with Gasteiger partial charge in [-0.2, -0.15) is 0 Å². The van der Waals surface area contributed by atoms with Crippen molar-refractivity contribution in [3.05, 3.63) is 57.6 Å². The van der Waals surface area contributed by atoms with E-state index in [4.69, 9.17) is 11.6 Å². The number of aliphatic imine (C=N–C) groups is 1. The zero-order chi connectivity index (χ0) is 21.3. The number of fused-ring (bicyclic) bond motifs is 1. The van der Waals surface area contributed by atoms with Gasteiger partial charge in [0.25, 0.3) is 0 Å². The van der Waals surface area contributed by atoms with E-state index in [-0.39, 0.29) is 16.1 Å². The number of aryl methyl sites for hydroxylation is 1. The number of nitrogens with zero attached hydrogens (tertiary/aromatic N) is 2. The third kappa shape index (κ3) is 4.32. The molecule has 0 aromatic heterocycles. The number of carboxylic acid groups (broad SMARTS) is 1. The van der Waals surface area contributed by atoms with Crippen LogP contribution in [0.15, 0.2) is 35.3 Å². The van der Waals surface area contributed by atoms with Crippen LogP contribution in [-0.4, -0.2) is 29.4 Å². The normalized spacial score (nSPS) is 18.1. The Morgan fingerprint density at radius 2 is 2.07 bits per heavy atom. The lowest BCUT2D eigenvalue weighted by molar-refractivity contribution is 0.0697. The van der Waals surface area contributed by atoms with E-state index in [0.717, 1.165) is 30.5 Å². The van der Waals surface area contributed by atoms with Crippen molar-refractivity contribution >= 4 is 35.2 Å². The lowest BCUT2D eigenvalue weighted by Crippen LogP contribution is -2.48. The van der Waals surface area contributed by atoms with Gasteiger partial charge in [-0.3, -0.25) is 4.99 Å². The van der Waals surface area contributed by atoms with Gasteiger partial charge in [0.15, 0.2) is 0 Å². The molecule has 1 heterocycles. The zero-order valence-electron chi connectivity index (χ0n) is 17.8. The van der Waals surface area contributed by atoms with Crippen LogP contribution in [0, 0.1) is 6.92 Å². The quantitative estimate of drug-likeness (QED) is 0.563. The molecule has 29 heavy (non-hydrogen) atoms. The Bertz CT molecular complexity index is 966. The molecule has 0 spiro atoms. The standard InChI is InChI=1S/C24H29ClN2O2/c1-6-9-27-22-10-15(2)17(11-19(22)16(3)13-24(27,4)5)14-26-18-7-8-21(25)20(12-18)23(28)29/h7-8,10-12,14,16H,6,9,13H2,1-5H3,(H,28,29). The van der Waals surface area contributed by atoms with Crippen molar-refractivity contribution in [2.75, 3.05) is 11.4 Å². The summed E-state index contributed by atoms with van der Waals surface area (Å²) in [4.78, 5) is 18.3. The zero-order valence-corrected chi connectivity index (χ0v) is 18.5. The van der Waals surface area contributed by atoms with Gasteiger partial charge in [0.2, 0.25) is 0 Å². The van der Waals surface area contributed by atoms with Gasteiger partial charge in [-0.05, 0) is 86.6 Å². The van der Waals surface area contributed by atoms with Gasteiger partial charge < -0.3 is 10.0 Å². The van der Waals surface area contributed by atoms with Crippen molar-refractivity contribution in [2.24, 2.45) is 4.99 Å². The fraction of sp³-hybridized carbons (Fsp3) is 0.417. The van der Waals surface area contributed by atoms with Gasteiger partial charge in [0.1, 0.15) is 0 Å². The first-order valence-electron chi connectivity index (χ1n) is 10.1. The average molecular weight is 413 g/mol. The summed E-state index contributed by atoms with van der Waals surface area (Å²) in [5, 5.41) is 9.47. The van der Waals surface area contributed by atoms with Crippen LogP contribution in [-0.2, 0) is 0 Å². The topological polar surface area (TPSA) is 52.9 Å². The summed E-state index contributed by atoms with van der Waals surface area (Å²) in [6.45, 7) is 12.3. The molecule has 0 aliphatic carbocycles. The maximum Gasteiger partial charge on any atom is 0.337 e. The summed E-state index contributed by atoms with van der Waals surface area (Å²) in [5.41, 5.74) is 5.67. The maximum absolute atomic E-state index is 11.3. The van der Waals surface area contributed by atoms with E-state index < -0.39 is 5.97 Å². The number of anilines is 1. The number of halogens is 1. The van der Waals surface area contributed by atoms with Crippen molar-refractivity contribution in [1.82, 2.24) is 0 Å². The second-order valence-electron chi connectivity index (χ2n) is 8.56. The van der Waals surface area contributed by atoms with Crippen molar-refractivity contribution in [2.45, 2.75) is 58.9 Å². The lowest BCUT2D eigenvalue weighted by atomic mass is 9.79. The van der Waals surface area contributed by atoms with E-state index in [1.807, 2.05) is 6.21 Å². The molecule has 1 aliphatic heterocycles. The molecule has 1 atom stereocenters. The van der Waals surface area contributed by atoms with E-state index >= 15 is 0 Å². The van der Waals surface area contributed by atoms with Crippen molar-refractivity contribution in [3.8, 4) is 0 Å². The first kappa shape index (κ1) is 21.4. The molecule has 0 amide bonds. The van der Waals surface area contributed by atoms with Crippen molar-refractivity contribution in [1.29, 1.82) is 0 Å². The highest BCUT2D eigenvalue weighted by atomic mass is 35.5. The Morgan fingerprint density at radius 3 is 2.72 bits per heavy atom. The van der Waals surface area contributed by atoms with Gasteiger partial charge in [0, 0.05) is 24.0 Å². The predicted octanol–water partition coefficient (Wildman–Crippen LogP) is 6.60. The van der Waals surface area contributed by atoms with Gasteiger partial charge in [0.05, 0.1) is 16.3 Å². The smallest absolute Gasteiger partial charge is 0.337 e. The molecule has 0 radical (unpaired) electrons. The van der Waals surface area contributed by atoms with E-state index in [0.29, 0.717) is 11.6 Å². The van der Waals surface area contributed by atoms with Crippen molar-refractivity contribution < 1.29 is 9.90 Å². The van der Waals surface area contributed by atoms with Gasteiger partial charge in [-0.15, -0.1) is 0 Å². The van der Waals surface area contributed by atoms with E-state index in [1.165, 1.54) is 17.3 Å². The summed E-state index contributed by atoms with van der Waals surface area (Å²) in [6, 6.07) is 9.32. The third-order valence-electron chi connectivity index (χ3n) is 5.75. The highest BCUT2D eigenvalue weighted by molar-refractivity contribution is 6.33. The molecule has 1 N–H and O–H groups in total. The number of benzene rings is 2. The summed E-state index contributed by atoms with van der Waals surface area (Å²) in [7, 11) is 0. The molecular weight excluding hydrogens is 384 g/mol. The van der Waals surface area contributed by atoms with Gasteiger partial charge in [-0.1, -0.05) is 25.4 Å². The third-order valence-corrected chi connectivity index (χ3v) is 6.08. The summed E-state index contributed by atoms with van der Waals surface area (Å²) in [6.07, 6.45) is 4.04. The van der Waals surface area contributed by atoms with Crippen LogP contribution in [0.25, 0.3) is 0 Å². The molecule has 4 nitrogen and oxygen atoms in total. The molecule has 1 unspecified atom stereocenters. The van der Waals surface area contributed by atoms with Crippen LogP contribution < -0.4 is 4.90 Å². The number of carbonyl (C=O) groups is 1. The molecule has 0 saturated carbocycles. The minimum Gasteiger partial charge on any atom is -0.478 e. The Morgan fingerprint density at radius 1 is 1.34 bits per heavy atom. The van der Waals surface area contributed by atoms with Gasteiger partial charge >= 0.3 is 5.97 Å². The minimum atomic E-state index is -1.05. The fourth-order valence-electron chi connectivity index (χ4n) is 4.34. The maximum atomic E-state index is 11.3. The van der Waals surface area contributed by atoms with Crippen LogP contribution >= 0.6 is 11.6 Å². The Balaban J connectivity index is 1.99. The second kappa shape index (κ2) is 8.19. The Labute approximate surface area is 178 Å². The largest absolute Gasteiger partial charge is 0.478 e. The molecule has 0 bridgehead atoms. The summed E-state index contributed by atoms with van der Waals surface area (Å²) >= 11 is 5.95. The molecule has 5 heteroatoms. The molecule has 1 aliphatic rings. The molecule has 0 fully saturated rings. The fourth-order valence-corrected chi connectivity index (χ4v) is 4.54. The van der Waals surface area contributed by atoms with E-state index in [1.54, 1.807) is 12.1 Å². The molecule has 2 aromatic rings. The van der Waals surface area contributed by atoms with Crippen LogP contribution in [0.4, 0.5) is 11.4 Å². The van der Waals surface area contributed by atoms with E-state index in [9.17, 15) is 9.90 Å². The number of hydrogen-bond donors (Lipinski definition) is 1. The Kier molecular flexibility index (Phi) is 6.04. The van der Waals surface area contributed by atoms with E-state index in [2.05, 4.69) is 56.6 Å². The summed E-state index contributed by atoms with van der Waals surface area (Å²) < 4.78 is 0. The first-order valence-corrected chi connectivity index (χ1v) is 10.5. The lowest BCUT2D eigenvalue weighted by Gasteiger charge is -2.48. The first-order chi connectivity index (χ1) is 13.6. The number of rotatable bonds is 5. The highest BCUT2D eigenvalue weighted by Crippen LogP contribution is 2.44. The number of carboxylic acids is 1. The number of hydrogen-bond acceptors (Lipinski definition) is 3. The van der Waals surface area contributed by atoms with Crippen LogP contribution in [0.1, 0.15) is 73.5 Å². The predicted molar refractivity (Wildman–Crippen MR) is 122 cm³/mol. The van der Waals surface area contributed by atoms with Crippen LogP contribution in [0.2, 0.25) is 5.02 Å². The molecule has 0 saturated heterocycles. The average Bonchev–Trinajstić information content (AvgIpc) is 2.64. The Hall–Kier alpha value is -2.33. The SMILES string of the molecule is CCCN1c2cc(C)c(C=Nc3ccc(Cl)c(C(=O)O)c3)cc2C(C)CC1(C)C. The highest BCUT2D eigenvalue weighted by Gasteiger charge is 2.36.